The van der Waals surface area contributed by atoms with E-state index in [1.807, 2.05) is 4.68 Å². The average Bonchev–Trinajstić information content (AvgIpc) is 2.54. The number of aryl methyl sites for hydroxylation is 1. The van der Waals surface area contributed by atoms with Crippen molar-refractivity contribution in [3.05, 3.63) is 10.2 Å². The van der Waals surface area contributed by atoms with Crippen LogP contribution in [0.25, 0.3) is 0 Å². The van der Waals surface area contributed by atoms with Crippen molar-refractivity contribution in [2.45, 2.75) is 24.9 Å². The Morgan fingerprint density at radius 1 is 1.73 bits per heavy atom. The number of esters is 1. The topological polar surface area (TPSA) is 44.1 Å². The van der Waals surface area contributed by atoms with Crippen molar-refractivity contribution in [1.82, 2.24) is 9.78 Å². The first kappa shape index (κ1) is 11.0. The van der Waals surface area contributed by atoms with Crippen molar-refractivity contribution in [3.8, 4) is 0 Å². The van der Waals surface area contributed by atoms with Crippen LogP contribution in [0, 0.1) is 0 Å². The third kappa shape index (κ3) is 2.06. The molecule has 0 unspecified atom stereocenters. The minimum atomic E-state index is -0.292. The van der Waals surface area contributed by atoms with Crippen LogP contribution in [0.15, 0.2) is 9.63 Å². The number of thioether (sulfide) groups is 1. The molecule has 0 aliphatic carbocycles. The molecule has 0 saturated heterocycles. The Labute approximate surface area is 100 Å². The van der Waals surface area contributed by atoms with E-state index in [1.165, 1.54) is 0 Å². The molecule has 0 spiro atoms. The SMILES string of the molecule is CCOC(=O)c1c(Br)nn2c1SCCC2. The predicted octanol–water partition coefficient (Wildman–Crippen LogP) is 2.32. The van der Waals surface area contributed by atoms with E-state index in [0.717, 1.165) is 23.7 Å². The van der Waals surface area contributed by atoms with Gasteiger partial charge in [0.1, 0.15) is 15.2 Å². The van der Waals surface area contributed by atoms with Gasteiger partial charge in [-0.25, -0.2) is 4.79 Å². The molecule has 0 bridgehead atoms. The number of hydrogen-bond acceptors (Lipinski definition) is 4. The van der Waals surface area contributed by atoms with Crippen molar-refractivity contribution in [3.63, 3.8) is 0 Å². The molecular weight excluding hydrogens is 280 g/mol. The Bertz CT molecular complexity index is 392. The van der Waals surface area contributed by atoms with Gasteiger partial charge < -0.3 is 4.74 Å². The molecule has 2 heterocycles. The number of ether oxygens (including phenoxy) is 1. The number of carbonyl (C=O) groups is 1. The van der Waals surface area contributed by atoms with E-state index in [2.05, 4.69) is 21.0 Å². The molecule has 0 N–H and O–H groups in total. The molecule has 6 heteroatoms. The third-order valence-corrected chi connectivity index (χ3v) is 3.83. The monoisotopic (exact) mass is 290 g/mol. The van der Waals surface area contributed by atoms with Crippen molar-refractivity contribution in [2.24, 2.45) is 0 Å². The zero-order chi connectivity index (χ0) is 10.8. The predicted molar refractivity (Wildman–Crippen MR) is 61.2 cm³/mol. The van der Waals surface area contributed by atoms with Gasteiger partial charge >= 0.3 is 5.97 Å². The first-order valence-corrected chi connectivity index (χ1v) is 6.58. The Morgan fingerprint density at radius 3 is 3.27 bits per heavy atom. The van der Waals surface area contributed by atoms with Crippen LogP contribution in [0.5, 0.6) is 0 Å². The lowest BCUT2D eigenvalue weighted by Gasteiger charge is -2.13. The van der Waals surface area contributed by atoms with E-state index < -0.39 is 0 Å². The van der Waals surface area contributed by atoms with Crippen LogP contribution in [0.4, 0.5) is 0 Å². The molecule has 0 saturated carbocycles. The summed E-state index contributed by atoms with van der Waals surface area (Å²) in [6.07, 6.45) is 1.09. The smallest absolute Gasteiger partial charge is 0.343 e. The highest BCUT2D eigenvalue weighted by Crippen LogP contribution is 2.32. The lowest BCUT2D eigenvalue weighted by Crippen LogP contribution is -2.11. The largest absolute Gasteiger partial charge is 0.462 e. The summed E-state index contributed by atoms with van der Waals surface area (Å²) in [5, 5.41) is 5.19. The molecule has 0 atom stereocenters. The second kappa shape index (κ2) is 4.57. The van der Waals surface area contributed by atoms with Crippen LogP contribution in [0.2, 0.25) is 0 Å². The van der Waals surface area contributed by atoms with Gasteiger partial charge in [0, 0.05) is 12.3 Å². The van der Waals surface area contributed by atoms with Gasteiger partial charge in [0.2, 0.25) is 0 Å². The van der Waals surface area contributed by atoms with E-state index in [9.17, 15) is 4.79 Å². The van der Waals surface area contributed by atoms with Crippen LogP contribution in [-0.4, -0.2) is 28.1 Å². The quantitative estimate of drug-likeness (QED) is 0.784. The van der Waals surface area contributed by atoms with Crippen molar-refractivity contribution in [1.29, 1.82) is 0 Å². The number of aromatic nitrogens is 2. The van der Waals surface area contributed by atoms with Gasteiger partial charge in [-0.3, -0.25) is 4.68 Å². The molecule has 1 aliphatic rings. The molecule has 1 aromatic rings. The van der Waals surface area contributed by atoms with Gasteiger partial charge in [-0.1, -0.05) is 0 Å². The second-order valence-corrected chi connectivity index (χ2v) is 4.95. The first-order valence-electron chi connectivity index (χ1n) is 4.80. The van der Waals surface area contributed by atoms with E-state index in [-0.39, 0.29) is 5.97 Å². The number of nitrogens with zero attached hydrogens (tertiary/aromatic N) is 2. The normalized spacial score (nSPS) is 14.8. The van der Waals surface area contributed by atoms with E-state index in [4.69, 9.17) is 4.74 Å². The van der Waals surface area contributed by atoms with Crippen LogP contribution >= 0.6 is 27.7 Å². The Kier molecular flexibility index (Phi) is 3.35. The molecule has 1 aromatic heterocycles. The molecule has 2 rings (SSSR count). The van der Waals surface area contributed by atoms with Crippen molar-refractivity contribution >= 4 is 33.7 Å². The number of hydrogen-bond donors (Lipinski definition) is 0. The van der Waals surface area contributed by atoms with E-state index in [1.54, 1.807) is 18.7 Å². The zero-order valence-electron chi connectivity index (χ0n) is 8.33. The zero-order valence-corrected chi connectivity index (χ0v) is 10.7. The van der Waals surface area contributed by atoms with Gasteiger partial charge in [-0.2, -0.15) is 5.10 Å². The fraction of sp³-hybridized carbons (Fsp3) is 0.556. The molecule has 0 fully saturated rings. The molecule has 82 valence electrons. The summed E-state index contributed by atoms with van der Waals surface area (Å²) in [5.74, 6) is 0.741. The summed E-state index contributed by atoms with van der Waals surface area (Å²) in [4.78, 5) is 11.7. The summed E-state index contributed by atoms with van der Waals surface area (Å²) in [6.45, 7) is 3.07. The van der Waals surface area contributed by atoms with Gasteiger partial charge in [0.05, 0.1) is 6.61 Å². The third-order valence-electron chi connectivity index (χ3n) is 2.10. The fourth-order valence-corrected chi connectivity index (χ4v) is 3.22. The minimum absolute atomic E-state index is 0.292. The molecule has 0 radical (unpaired) electrons. The summed E-state index contributed by atoms with van der Waals surface area (Å²) in [7, 11) is 0. The van der Waals surface area contributed by atoms with Crippen LogP contribution < -0.4 is 0 Å². The lowest BCUT2D eigenvalue weighted by molar-refractivity contribution is 0.0520. The Balaban J connectivity index is 2.37. The highest BCUT2D eigenvalue weighted by Gasteiger charge is 2.25. The summed E-state index contributed by atoms with van der Waals surface area (Å²) < 4.78 is 7.45. The number of fused-ring (bicyclic) bond motifs is 1. The maximum absolute atomic E-state index is 11.7. The molecule has 4 nitrogen and oxygen atoms in total. The molecule has 0 amide bonds. The first-order chi connectivity index (χ1) is 7.24. The van der Waals surface area contributed by atoms with Crippen LogP contribution in [0.3, 0.4) is 0 Å². The summed E-state index contributed by atoms with van der Waals surface area (Å²) >= 11 is 4.96. The molecular formula is C9H11BrN2O2S. The fourth-order valence-electron chi connectivity index (χ4n) is 1.47. The second-order valence-electron chi connectivity index (χ2n) is 3.12. The maximum Gasteiger partial charge on any atom is 0.343 e. The maximum atomic E-state index is 11.7. The average molecular weight is 291 g/mol. The summed E-state index contributed by atoms with van der Waals surface area (Å²) in [5.41, 5.74) is 0.571. The van der Waals surface area contributed by atoms with Crippen LogP contribution in [-0.2, 0) is 11.3 Å². The van der Waals surface area contributed by atoms with Crippen LogP contribution in [0.1, 0.15) is 23.7 Å². The Morgan fingerprint density at radius 2 is 2.53 bits per heavy atom. The highest BCUT2D eigenvalue weighted by molar-refractivity contribution is 9.10. The molecule has 0 aromatic carbocycles. The number of rotatable bonds is 2. The van der Waals surface area contributed by atoms with Gasteiger partial charge in [0.15, 0.2) is 0 Å². The van der Waals surface area contributed by atoms with E-state index >= 15 is 0 Å². The number of halogens is 1. The lowest BCUT2D eigenvalue weighted by atomic mass is 10.3. The standard InChI is InChI=1S/C9H11BrN2O2S/c1-2-14-9(13)6-7(10)11-12-4-3-5-15-8(6)12/h2-5H2,1H3. The van der Waals surface area contributed by atoms with Gasteiger partial charge in [-0.15, -0.1) is 11.8 Å². The molecule has 15 heavy (non-hydrogen) atoms. The summed E-state index contributed by atoms with van der Waals surface area (Å²) in [6, 6.07) is 0. The van der Waals surface area contributed by atoms with Gasteiger partial charge in [-0.05, 0) is 29.3 Å². The highest BCUT2D eigenvalue weighted by atomic mass is 79.9. The minimum Gasteiger partial charge on any atom is -0.462 e. The Hall–Kier alpha value is -0.490. The molecule has 1 aliphatic heterocycles. The van der Waals surface area contributed by atoms with Crippen molar-refractivity contribution < 1.29 is 9.53 Å². The van der Waals surface area contributed by atoms with Crippen molar-refractivity contribution in [2.75, 3.05) is 12.4 Å². The van der Waals surface area contributed by atoms with E-state index in [0.29, 0.717) is 16.8 Å². The number of carbonyl (C=O) groups excluding carboxylic acids is 1. The van der Waals surface area contributed by atoms with Gasteiger partial charge in [0.25, 0.3) is 0 Å².